The lowest BCUT2D eigenvalue weighted by molar-refractivity contribution is -0.116. The molecule has 0 aromatic carbocycles. The molecule has 4 aliphatic carbocycles. The van der Waals surface area contributed by atoms with Crippen molar-refractivity contribution in [1.82, 2.24) is 0 Å². The number of carbonyl (C=O) groups excluding carboxylic acids is 1. The molecule has 2 heteroatoms. The van der Waals surface area contributed by atoms with Crippen LogP contribution >= 0.6 is 0 Å². The highest BCUT2D eigenvalue weighted by atomic mass is 16.3. The largest absolute Gasteiger partial charge is 0.377 e. The number of terminal acetylenes is 1. The molecule has 0 amide bonds. The average molecular weight is 298 g/mol. The Morgan fingerprint density at radius 1 is 1.18 bits per heavy atom. The van der Waals surface area contributed by atoms with Crippen molar-refractivity contribution in [2.24, 2.45) is 29.1 Å². The molecule has 0 spiro atoms. The minimum absolute atomic E-state index is 0.103. The van der Waals surface area contributed by atoms with Crippen LogP contribution in [0.25, 0.3) is 0 Å². The molecular weight excluding hydrogens is 272 g/mol. The van der Waals surface area contributed by atoms with Crippen LogP contribution in [-0.2, 0) is 4.79 Å². The van der Waals surface area contributed by atoms with Gasteiger partial charge in [-0.25, -0.2) is 0 Å². The first-order valence-electron chi connectivity index (χ1n) is 8.92. The molecule has 0 bridgehead atoms. The molecule has 0 radical (unpaired) electrons. The van der Waals surface area contributed by atoms with E-state index < -0.39 is 5.60 Å². The molecule has 0 saturated heterocycles. The van der Waals surface area contributed by atoms with Gasteiger partial charge in [0.25, 0.3) is 0 Å². The van der Waals surface area contributed by atoms with Gasteiger partial charge >= 0.3 is 0 Å². The maximum Gasteiger partial charge on any atom is 0.155 e. The maximum absolute atomic E-state index is 11.7. The lowest BCUT2D eigenvalue weighted by Crippen LogP contribution is -2.52. The molecule has 22 heavy (non-hydrogen) atoms. The molecule has 3 saturated carbocycles. The van der Waals surface area contributed by atoms with Crippen molar-refractivity contribution in [2.45, 2.75) is 63.9 Å². The highest BCUT2D eigenvalue weighted by molar-refractivity contribution is 5.91. The first-order chi connectivity index (χ1) is 10.5. The topological polar surface area (TPSA) is 37.3 Å². The number of hydrogen-bond acceptors (Lipinski definition) is 2. The quantitative estimate of drug-likeness (QED) is 0.695. The third kappa shape index (κ3) is 1.75. The predicted molar refractivity (Wildman–Crippen MR) is 85.9 cm³/mol. The Balaban J connectivity index is 1.65. The van der Waals surface area contributed by atoms with E-state index in [1.165, 1.54) is 12.0 Å². The zero-order chi connectivity index (χ0) is 15.5. The Labute approximate surface area is 133 Å². The highest BCUT2D eigenvalue weighted by Gasteiger charge is 2.61. The minimum atomic E-state index is -0.902. The second kappa shape index (κ2) is 4.71. The smallest absolute Gasteiger partial charge is 0.155 e. The second-order valence-electron chi connectivity index (χ2n) is 8.30. The van der Waals surface area contributed by atoms with Gasteiger partial charge in [-0.2, -0.15) is 0 Å². The average Bonchev–Trinajstić information content (AvgIpc) is 2.79. The summed E-state index contributed by atoms with van der Waals surface area (Å²) < 4.78 is 0. The fourth-order valence-electron chi connectivity index (χ4n) is 6.43. The molecule has 0 aromatic rings. The van der Waals surface area contributed by atoms with E-state index in [4.69, 9.17) is 6.42 Å². The van der Waals surface area contributed by atoms with Gasteiger partial charge in [0.05, 0.1) is 0 Å². The van der Waals surface area contributed by atoms with E-state index in [2.05, 4.69) is 12.8 Å². The van der Waals surface area contributed by atoms with Crippen molar-refractivity contribution in [3.8, 4) is 12.3 Å². The van der Waals surface area contributed by atoms with E-state index in [0.29, 0.717) is 29.5 Å². The summed E-state index contributed by atoms with van der Waals surface area (Å²) >= 11 is 0. The number of ketones is 1. The van der Waals surface area contributed by atoms with Crippen LogP contribution in [0, 0.1) is 41.4 Å². The SMILES string of the molecule is C#CC1(O)CC[C@H]2[C@@H]3CCC4=CC(=O)CC[C@@H]4[C@@H]3CC[C@@]21C. The number of carbonyl (C=O) groups is 1. The summed E-state index contributed by atoms with van der Waals surface area (Å²) in [6.07, 6.45) is 15.7. The van der Waals surface area contributed by atoms with Gasteiger partial charge in [0.15, 0.2) is 5.78 Å². The molecule has 4 aliphatic rings. The third-order valence-corrected chi connectivity index (χ3v) is 7.69. The number of rotatable bonds is 0. The van der Waals surface area contributed by atoms with Crippen LogP contribution in [0.15, 0.2) is 11.6 Å². The van der Waals surface area contributed by atoms with Crippen molar-refractivity contribution < 1.29 is 9.90 Å². The van der Waals surface area contributed by atoms with Gasteiger partial charge < -0.3 is 5.11 Å². The van der Waals surface area contributed by atoms with E-state index in [1.54, 1.807) is 0 Å². The van der Waals surface area contributed by atoms with Crippen LogP contribution < -0.4 is 0 Å². The van der Waals surface area contributed by atoms with E-state index in [0.717, 1.165) is 44.9 Å². The molecule has 6 atom stereocenters. The Kier molecular flexibility index (Phi) is 3.11. The van der Waals surface area contributed by atoms with E-state index in [1.807, 2.05) is 6.08 Å². The molecule has 3 fully saturated rings. The standard InChI is InChI=1S/C20H26O2/c1-3-20(22)11-9-18-17-6-4-13-12-14(21)5-7-15(13)16(17)8-10-19(18,20)2/h1,12,15-18,22H,4-11H2,2H3/t15-,16-,17+,18-,19-,20?/m0/s1. The summed E-state index contributed by atoms with van der Waals surface area (Å²) in [5, 5.41) is 10.9. The highest BCUT2D eigenvalue weighted by Crippen LogP contribution is 2.64. The van der Waals surface area contributed by atoms with E-state index in [-0.39, 0.29) is 5.41 Å². The number of hydrogen-bond donors (Lipinski definition) is 1. The Morgan fingerprint density at radius 2 is 2.00 bits per heavy atom. The molecule has 4 rings (SSSR count). The molecule has 0 heterocycles. The fraction of sp³-hybridized carbons (Fsp3) is 0.750. The molecule has 2 nitrogen and oxygen atoms in total. The number of aliphatic hydroxyl groups is 1. The summed E-state index contributed by atoms with van der Waals surface area (Å²) in [4.78, 5) is 11.7. The lowest BCUT2D eigenvalue weighted by Gasteiger charge is -2.54. The van der Waals surface area contributed by atoms with Crippen molar-refractivity contribution in [2.75, 3.05) is 0 Å². The van der Waals surface area contributed by atoms with Crippen molar-refractivity contribution >= 4 is 5.78 Å². The lowest BCUT2D eigenvalue weighted by atomic mass is 9.50. The Bertz CT molecular complexity index is 583. The zero-order valence-corrected chi connectivity index (χ0v) is 13.5. The Hall–Kier alpha value is -1.07. The van der Waals surface area contributed by atoms with Gasteiger partial charge in [-0.3, -0.25) is 4.79 Å². The van der Waals surface area contributed by atoms with Crippen LogP contribution in [0.4, 0.5) is 0 Å². The third-order valence-electron chi connectivity index (χ3n) is 7.69. The van der Waals surface area contributed by atoms with Crippen molar-refractivity contribution in [3.05, 3.63) is 11.6 Å². The molecule has 1 N–H and O–H groups in total. The first kappa shape index (κ1) is 14.5. The number of allylic oxidation sites excluding steroid dienone is 1. The van der Waals surface area contributed by atoms with Gasteiger partial charge in [-0.15, -0.1) is 6.42 Å². The molecule has 0 aromatic heterocycles. The zero-order valence-electron chi connectivity index (χ0n) is 13.5. The predicted octanol–water partition coefficient (Wildman–Crippen LogP) is 3.49. The Morgan fingerprint density at radius 3 is 2.77 bits per heavy atom. The summed E-state index contributed by atoms with van der Waals surface area (Å²) in [5.74, 6) is 5.66. The second-order valence-corrected chi connectivity index (χ2v) is 8.30. The maximum atomic E-state index is 11.7. The van der Waals surface area contributed by atoms with Crippen LogP contribution in [0.1, 0.15) is 58.3 Å². The van der Waals surface area contributed by atoms with Crippen molar-refractivity contribution in [3.63, 3.8) is 0 Å². The first-order valence-corrected chi connectivity index (χ1v) is 8.92. The van der Waals surface area contributed by atoms with Gasteiger partial charge in [-0.1, -0.05) is 18.4 Å². The van der Waals surface area contributed by atoms with Crippen LogP contribution in [0.3, 0.4) is 0 Å². The summed E-state index contributed by atoms with van der Waals surface area (Å²) in [6.45, 7) is 2.23. The minimum Gasteiger partial charge on any atom is -0.377 e. The van der Waals surface area contributed by atoms with Gasteiger partial charge in [0.2, 0.25) is 0 Å². The number of fused-ring (bicyclic) bond motifs is 5. The van der Waals surface area contributed by atoms with Crippen LogP contribution in [0.2, 0.25) is 0 Å². The van der Waals surface area contributed by atoms with E-state index in [9.17, 15) is 9.90 Å². The van der Waals surface area contributed by atoms with Gasteiger partial charge in [0, 0.05) is 11.8 Å². The van der Waals surface area contributed by atoms with E-state index >= 15 is 0 Å². The van der Waals surface area contributed by atoms with Crippen molar-refractivity contribution in [1.29, 1.82) is 0 Å². The van der Waals surface area contributed by atoms with Gasteiger partial charge in [0.1, 0.15) is 5.60 Å². The molecule has 118 valence electrons. The van der Waals surface area contributed by atoms with Crippen LogP contribution in [0.5, 0.6) is 0 Å². The molecule has 0 aliphatic heterocycles. The fourth-order valence-corrected chi connectivity index (χ4v) is 6.43. The summed E-state index contributed by atoms with van der Waals surface area (Å²) in [7, 11) is 0. The summed E-state index contributed by atoms with van der Waals surface area (Å²) in [5.41, 5.74) is 0.418. The van der Waals surface area contributed by atoms with Gasteiger partial charge in [-0.05, 0) is 74.7 Å². The van der Waals surface area contributed by atoms with Crippen LogP contribution in [-0.4, -0.2) is 16.5 Å². The molecule has 1 unspecified atom stereocenters. The molecular formula is C20H26O2. The summed E-state index contributed by atoms with van der Waals surface area (Å²) in [6, 6.07) is 0. The monoisotopic (exact) mass is 298 g/mol. The normalized spacial score (nSPS) is 50.4.